The lowest BCUT2D eigenvalue weighted by Crippen LogP contribution is -2.50. The van der Waals surface area contributed by atoms with Crippen molar-refractivity contribution in [2.45, 2.75) is 19.8 Å². The quantitative estimate of drug-likeness (QED) is 0.655. The summed E-state index contributed by atoms with van der Waals surface area (Å²) in [5, 5.41) is 5.98. The van der Waals surface area contributed by atoms with Crippen LogP contribution in [0.4, 0.5) is 10.8 Å². The summed E-state index contributed by atoms with van der Waals surface area (Å²) in [7, 11) is 0. The van der Waals surface area contributed by atoms with Crippen LogP contribution in [0, 0.1) is 0 Å². The molecule has 2 amide bonds. The van der Waals surface area contributed by atoms with Crippen LogP contribution in [0.25, 0.3) is 0 Å². The van der Waals surface area contributed by atoms with Gasteiger partial charge in [-0.2, -0.15) is 0 Å². The molecule has 4 rings (SSSR count). The van der Waals surface area contributed by atoms with E-state index in [2.05, 4.69) is 29.4 Å². The number of nitrogens with one attached hydrogen (secondary N) is 1. The van der Waals surface area contributed by atoms with E-state index >= 15 is 0 Å². The Balaban J connectivity index is 1.28. The summed E-state index contributed by atoms with van der Waals surface area (Å²) in [6.45, 7) is 4.17. The largest absolute Gasteiger partial charge is 0.459 e. The number of aromatic nitrogens is 1. The Morgan fingerprint density at radius 2 is 1.83 bits per heavy atom. The first-order valence-corrected chi connectivity index (χ1v) is 10.9. The average molecular weight is 425 g/mol. The van der Waals surface area contributed by atoms with Crippen LogP contribution in [0.3, 0.4) is 0 Å². The summed E-state index contributed by atoms with van der Waals surface area (Å²) in [4.78, 5) is 33.0. The number of nitrogens with zero attached hydrogens (tertiary/aromatic N) is 3. The maximum atomic E-state index is 12.7. The highest BCUT2D eigenvalue weighted by Gasteiger charge is 2.26. The van der Waals surface area contributed by atoms with Crippen molar-refractivity contribution in [3.8, 4) is 0 Å². The summed E-state index contributed by atoms with van der Waals surface area (Å²) < 4.78 is 5.17. The molecule has 1 fully saturated rings. The molecule has 1 aromatic carbocycles. The molecule has 3 aromatic rings. The molecule has 2 aromatic heterocycles. The molecule has 0 aliphatic carbocycles. The van der Waals surface area contributed by atoms with E-state index < -0.39 is 0 Å². The van der Waals surface area contributed by atoms with Gasteiger partial charge in [0.05, 0.1) is 18.4 Å². The lowest BCUT2D eigenvalue weighted by atomic mass is 10.1. The molecule has 1 aliphatic heterocycles. The molecule has 30 heavy (non-hydrogen) atoms. The highest BCUT2D eigenvalue weighted by molar-refractivity contribution is 7.13. The Kier molecular flexibility index (Phi) is 6.13. The number of benzene rings is 1. The van der Waals surface area contributed by atoms with Gasteiger partial charge in [-0.05, 0) is 36.2 Å². The van der Waals surface area contributed by atoms with Gasteiger partial charge in [0.15, 0.2) is 10.9 Å². The van der Waals surface area contributed by atoms with Crippen molar-refractivity contribution in [3.05, 3.63) is 65.1 Å². The lowest BCUT2D eigenvalue weighted by Gasteiger charge is -2.34. The Bertz CT molecular complexity index is 990. The number of furan rings is 1. The smallest absolute Gasteiger partial charge is 0.289 e. The molecule has 1 aliphatic rings. The minimum Gasteiger partial charge on any atom is -0.459 e. The van der Waals surface area contributed by atoms with Gasteiger partial charge in [0.1, 0.15) is 0 Å². The van der Waals surface area contributed by atoms with Crippen molar-refractivity contribution in [1.82, 2.24) is 14.8 Å². The van der Waals surface area contributed by atoms with Crippen molar-refractivity contribution >= 4 is 34.0 Å². The second-order valence-corrected chi connectivity index (χ2v) is 8.00. The summed E-state index contributed by atoms with van der Waals surface area (Å²) in [6, 6.07) is 11.6. The fourth-order valence-corrected chi connectivity index (χ4v) is 4.11. The number of piperazine rings is 1. The fourth-order valence-electron chi connectivity index (χ4n) is 3.37. The molecule has 1 N–H and O–H groups in total. The van der Waals surface area contributed by atoms with Crippen molar-refractivity contribution in [3.63, 3.8) is 0 Å². The molecule has 0 bridgehead atoms. The first-order chi connectivity index (χ1) is 14.6. The van der Waals surface area contributed by atoms with Crippen LogP contribution in [0.2, 0.25) is 0 Å². The molecule has 0 unspecified atom stereocenters. The maximum Gasteiger partial charge on any atom is 0.289 e. The van der Waals surface area contributed by atoms with Gasteiger partial charge in [0, 0.05) is 37.2 Å². The molecule has 1 saturated heterocycles. The van der Waals surface area contributed by atoms with Crippen LogP contribution in [0.1, 0.15) is 28.7 Å². The van der Waals surface area contributed by atoms with Crippen LogP contribution in [0.5, 0.6) is 0 Å². The van der Waals surface area contributed by atoms with E-state index in [1.807, 2.05) is 17.5 Å². The molecular formula is C22H24N4O3S. The molecule has 0 atom stereocenters. The molecule has 8 heteroatoms. The first kappa shape index (κ1) is 20.2. The second-order valence-electron chi connectivity index (χ2n) is 7.15. The van der Waals surface area contributed by atoms with Gasteiger partial charge in [-0.15, -0.1) is 11.3 Å². The van der Waals surface area contributed by atoms with Crippen molar-refractivity contribution in [1.29, 1.82) is 0 Å². The molecule has 7 nitrogen and oxygen atoms in total. The van der Waals surface area contributed by atoms with Crippen molar-refractivity contribution in [2.24, 2.45) is 0 Å². The van der Waals surface area contributed by atoms with E-state index in [1.54, 1.807) is 21.9 Å². The molecule has 0 saturated carbocycles. The number of carbonyl (C=O) groups is 2. The topological polar surface area (TPSA) is 78.7 Å². The van der Waals surface area contributed by atoms with Gasteiger partial charge in [-0.1, -0.05) is 19.1 Å². The van der Waals surface area contributed by atoms with E-state index in [9.17, 15) is 9.59 Å². The predicted octanol–water partition coefficient (Wildman–Crippen LogP) is 3.57. The minimum absolute atomic E-state index is 0.0317. The van der Waals surface area contributed by atoms with E-state index in [4.69, 9.17) is 4.42 Å². The number of thiazole rings is 1. The first-order valence-electron chi connectivity index (χ1n) is 10.0. The zero-order valence-corrected chi connectivity index (χ0v) is 17.7. The monoisotopic (exact) mass is 424 g/mol. The summed E-state index contributed by atoms with van der Waals surface area (Å²) in [5.41, 5.74) is 3.03. The van der Waals surface area contributed by atoms with E-state index in [0.29, 0.717) is 31.9 Å². The van der Waals surface area contributed by atoms with Crippen LogP contribution < -0.4 is 5.32 Å². The number of rotatable bonds is 6. The maximum absolute atomic E-state index is 12.7. The SMILES string of the molecule is CCc1ccc(Nc2nc(CC(=O)N3CCN(C(=O)c4ccco4)CC3)cs2)cc1. The minimum atomic E-state index is -0.130. The summed E-state index contributed by atoms with van der Waals surface area (Å²) in [5.74, 6) is 0.236. The van der Waals surface area contributed by atoms with Gasteiger partial charge in [-0.3, -0.25) is 9.59 Å². The predicted molar refractivity (Wildman–Crippen MR) is 116 cm³/mol. The molecular weight excluding hydrogens is 400 g/mol. The Labute approximate surface area is 179 Å². The van der Waals surface area contributed by atoms with Crippen LogP contribution in [-0.2, 0) is 17.6 Å². The lowest BCUT2D eigenvalue weighted by molar-refractivity contribution is -0.132. The molecule has 3 heterocycles. The zero-order chi connectivity index (χ0) is 20.9. The number of carbonyl (C=O) groups excluding carboxylic acids is 2. The second kappa shape index (κ2) is 9.13. The molecule has 0 spiro atoms. The highest BCUT2D eigenvalue weighted by Crippen LogP contribution is 2.22. The van der Waals surface area contributed by atoms with Crippen molar-refractivity contribution in [2.75, 3.05) is 31.5 Å². The number of hydrogen-bond acceptors (Lipinski definition) is 6. The Hall–Kier alpha value is -3.13. The number of amides is 2. The average Bonchev–Trinajstić information content (AvgIpc) is 3.46. The van der Waals surface area contributed by atoms with Gasteiger partial charge < -0.3 is 19.5 Å². The fraction of sp³-hybridized carbons (Fsp3) is 0.318. The van der Waals surface area contributed by atoms with Gasteiger partial charge in [-0.25, -0.2) is 4.98 Å². The van der Waals surface area contributed by atoms with Crippen molar-refractivity contribution < 1.29 is 14.0 Å². The Morgan fingerprint density at radius 1 is 1.10 bits per heavy atom. The summed E-state index contributed by atoms with van der Waals surface area (Å²) in [6.07, 6.45) is 2.76. The standard InChI is InChI=1S/C22H24N4O3S/c1-2-16-5-7-17(8-6-16)23-22-24-18(15-30-22)14-20(27)25-9-11-26(12-10-25)21(28)19-4-3-13-29-19/h3-8,13,15H,2,9-12,14H2,1H3,(H,23,24). The van der Waals surface area contributed by atoms with E-state index in [0.717, 1.165) is 22.9 Å². The van der Waals surface area contributed by atoms with E-state index in [1.165, 1.54) is 23.2 Å². The van der Waals surface area contributed by atoms with Gasteiger partial charge >= 0.3 is 0 Å². The molecule has 156 valence electrons. The van der Waals surface area contributed by atoms with Crippen LogP contribution in [0.15, 0.2) is 52.5 Å². The number of aryl methyl sites for hydroxylation is 1. The zero-order valence-electron chi connectivity index (χ0n) is 16.8. The summed E-state index contributed by atoms with van der Waals surface area (Å²) >= 11 is 1.49. The normalized spacial score (nSPS) is 14.0. The van der Waals surface area contributed by atoms with E-state index in [-0.39, 0.29) is 18.2 Å². The highest BCUT2D eigenvalue weighted by atomic mass is 32.1. The Morgan fingerprint density at radius 3 is 2.50 bits per heavy atom. The third-order valence-corrected chi connectivity index (χ3v) is 5.96. The third kappa shape index (κ3) is 4.71. The van der Waals surface area contributed by atoms with Crippen LogP contribution >= 0.6 is 11.3 Å². The van der Waals surface area contributed by atoms with Crippen LogP contribution in [-0.4, -0.2) is 52.8 Å². The number of anilines is 2. The van der Waals surface area contributed by atoms with Gasteiger partial charge in [0.2, 0.25) is 5.91 Å². The number of hydrogen-bond donors (Lipinski definition) is 1. The van der Waals surface area contributed by atoms with Gasteiger partial charge in [0.25, 0.3) is 5.91 Å². The molecule has 0 radical (unpaired) electrons. The third-order valence-electron chi connectivity index (χ3n) is 5.15.